The van der Waals surface area contributed by atoms with Gasteiger partial charge >= 0.3 is 0 Å². The minimum Gasteiger partial charge on any atom is -0.277 e. The summed E-state index contributed by atoms with van der Waals surface area (Å²) < 4.78 is 30.4. The highest BCUT2D eigenvalue weighted by molar-refractivity contribution is 9.10. The lowest BCUT2D eigenvalue weighted by molar-refractivity contribution is 1.10. The zero-order valence-electron chi connectivity index (χ0n) is 8.83. The summed E-state index contributed by atoms with van der Waals surface area (Å²) in [7, 11) is 0. The largest absolute Gasteiger partial charge is 0.277 e. The van der Waals surface area contributed by atoms with Crippen molar-refractivity contribution in [1.29, 1.82) is 0 Å². The Hall–Kier alpha value is -0.830. The molecule has 1 aromatic carbocycles. The first-order valence-electron chi connectivity index (χ1n) is 4.64. The summed E-state index contributed by atoms with van der Waals surface area (Å²) in [5, 5.41) is 6.73. The van der Waals surface area contributed by atoms with Crippen LogP contribution < -0.4 is 0 Å². The van der Waals surface area contributed by atoms with Crippen molar-refractivity contribution in [3.05, 3.63) is 28.8 Å². The molecule has 1 aromatic heterocycles. The molecule has 0 atom stereocenters. The van der Waals surface area contributed by atoms with E-state index in [1.165, 1.54) is 0 Å². The predicted octanol–water partition coefficient (Wildman–Crippen LogP) is 2.33. The first-order valence-corrected chi connectivity index (χ1v) is 3.43. The van der Waals surface area contributed by atoms with Gasteiger partial charge in [0.25, 0.3) is 0 Å². The molecule has 10 heavy (non-hydrogen) atoms. The lowest BCUT2D eigenvalue weighted by Gasteiger charge is -1.83. The van der Waals surface area contributed by atoms with E-state index in [1.807, 2.05) is 0 Å². The molecule has 50 valence electrons. The van der Waals surface area contributed by atoms with Crippen LogP contribution in [0.15, 0.2) is 28.8 Å². The normalized spacial score (nSPS) is 16.1. The van der Waals surface area contributed by atoms with Gasteiger partial charge in [0.2, 0.25) is 0 Å². The van der Waals surface area contributed by atoms with E-state index in [9.17, 15) is 0 Å². The third-order valence-corrected chi connectivity index (χ3v) is 1.73. The van der Waals surface area contributed by atoms with Crippen molar-refractivity contribution in [1.82, 2.24) is 10.2 Å². The molecule has 2 aromatic rings. The maximum absolute atomic E-state index is 7.60. The molecule has 0 fully saturated rings. The molecule has 0 aliphatic rings. The number of aromatic amines is 1. The Balaban J connectivity index is 3.05. The summed E-state index contributed by atoms with van der Waals surface area (Å²) in [4.78, 5) is 0. The fourth-order valence-corrected chi connectivity index (χ4v) is 1.10. The molecule has 0 bridgehead atoms. The van der Waals surface area contributed by atoms with Gasteiger partial charge in [-0.15, -0.1) is 0 Å². The van der Waals surface area contributed by atoms with Crippen LogP contribution in [0.3, 0.4) is 0 Å². The van der Waals surface area contributed by atoms with Gasteiger partial charge in [0.15, 0.2) is 0 Å². The third-order valence-electron chi connectivity index (χ3n) is 1.16. The topological polar surface area (TPSA) is 28.7 Å². The van der Waals surface area contributed by atoms with Crippen LogP contribution in [0.2, 0.25) is 0 Å². The highest BCUT2D eigenvalue weighted by atomic mass is 79.9. The fourth-order valence-electron chi connectivity index (χ4n) is 0.712. The second-order valence-electron chi connectivity index (χ2n) is 1.76. The number of hydrogen-bond acceptors (Lipinski definition) is 1. The highest BCUT2D eigenvalue weighted by Gasteiger charge is 1.97. The molecular formula is C7H5BrN2. The number of aromatic nitrogens is 2. The lowest BCUT2D eigenvalue weighted by atomic mass is 10.3. The molecule has 0 aliphatic heterocycles. The molecule has 0 radical (unpaired) electrons. The Morgan fingerprint density at radius 2 is 2.30 bits per heavy atom. The van der Waals surface area contributed by atoms with Crippen molar-refractivity contribution >= 4 is 26.8 Å². The molecule has 0 amide bonds. The van der Waals surface area contributed by atoms with Crippen molar-refractivity contribution < 1.29 is 5.48 Å². The van der Waals surface area contributed by atoms with Crippen LogP contribution in [0.5, 0.6) is 0 Å². The average Bonchev–Trinajstić information content (AvgIpc) is 2.54. The number of nitrogens with one attached hydrogen (secondary N) is 1. The summed E-state index contributed by atoms with van der Waals surface area (Å²) in [6.45, 7) is 0. The Labute approximate surface area is 72.0 Å². The first-order chi connectivity index (χ1) is 6.54. The lowest BCUT2D eigenvalue weighted by Crippen LogP contribution is -1.63. The second-order valence-corrected chi connectivity index (χ2v) is 2.52. The molecule has 3 heteroatoms. The SMILES string of the molecule is [2H]c1c([2H])c([2H])c2c(Br)n[nH]c2c1[2H]. The van der Waals surface area contributed by atoms with Crippen LogP contribution in [-0.2, 0) is 0 Å². The van der Waals surface area contributed by atoms with Crippen LogP contribution in [0.1, 0.15) is 5.48 Å². The van der Waals surface area contributed by atoms with E-state index in [2.05, 4.69) is 26.1 Å². The number of hydrogen-bond donors (Lipinski definition) is 1. The van der Waals surface area contributed by atoms with E-state index >= 15 is 0 Å². The molecule has 0 aliphatic carbocycles. The molecule has 0 saturated heterocycles. The number of rotatable bonds is 0. The Morgan fingerprint density at radius 3 is 3.20 bits per heavy atom. The van der Waals surface area contributed by atoms with E-state index in [0.717, 1.165) is 0 Å². The molecule has 1 heterocycles. The van der Waals surface area contributed by atoms with Crippen LogP contribution in [0.25, 0.3) is 10.9 Å². The number of H-pyrrole nitrogens is 1. The smallest absolute Gasteiger partial charge is 0.135 e. The van der Waals surface area contributed by atoms with Gasteiger partial charge in [0.05, 0.1) is 11.0 Å². The summed E-state index contributed by atoms with van der Waals surface area (Å²) in [6.07, 6.45) is 0. The van der Waals surface area contributed by atoms with Crippen LogP contribution in [0.4, 0.5) is 0 Å². The number of benzene rings is 1. The molecular weight excluding hydrogens is 192 g/mol. The highest BCUT2D eigenvalue weighted by Crippen LogP contribution is 2.19. The molecule has 0 spiro atoms. The maximum atomic E-state index is 7.60. The third kappa shape index (κ3) is 0.743. The Morgan fingerprint density at radius 1 is 1.50 bits per heavy atom. The Kier molecular flexibility index (Phi) is 0.638. The monoisotopic (exact) mass is 200 g/mol. The molecule has 0 unspecified atom stereocenters. The zero-order valence-corrected chi connectivity index (χ0v) is 6.41. The summed E-state index contributed by atoms with van der Waals surface area (Å²) in [5.41, 5.74) is 0.322. The number of fused-ring (bicyclic) bond motifs is 1. The first kappa shape index (κ1) is 3.05. The summed E-state index contributed by atoms with van der Waals surface area (Å²) in [5.74, 6) is 0. The molecule has 2 rings (SSSR count). The predicted molar refractivity (Wildman–Crippen MR) is 43.8 cm³/mol. The van der Waals surface area contributed by atoms with Gasteiger partial charge < -0.3 is 0 Å². The van der Waals surface area contributed by atoms with Crippen molar-refractivity contribution in [3.8, 4) is 0 Å². The number of halogens is 1. The van der Waals surface area contributed by atoms with Gasteiger partial charge in [0.1, 0.15) is 4.60 Å². The van der Waals surface area contributed by atoms with Crippen molar-refractivity contribution in [3.63, 3.8) is 0 Å². The second kappa shape index (κ2) is 2.09. The van der Waals surface area contributed by atoms with Gasteiger partial charge in [-0.3, -0.25) is 5.10 Å². The van der Waals surface area contributed by atoms with Crippen LogP contribution in [-0.4, -0.2) is 10.2 Å². The quantitative estimate of drug-likeness (QED) is 0.696. The summed E-state index contributed by atoms with van der Waals surface area (Å²) >= 11 is 3.12. The van der Waals surface area contributed by atoms with Crippen molar-refractivity contribution in [2.75, 3.05) is 0 Å². The minimum absolute atomic E-state index is 0.0818. The number of nitrogens with zero attached hydrogens (tertiary/aromatic N) is 1. The molecule has 0 saturated carbocycles. The van der Waals surface area contributed by atoms with Gasteiger partial charge in [-0.1, -0.05) is 18.1 Å². The van der Waals surface area contributed by atoms with E-state index in [-0.39, 0.29) is 24.2 Å². The van der Waals surface area contributed by atoms with Crippen molar-refractivity contribution in [2.45, 2.75) is 0 Å². The van der Waals surface area contributed by atoms with Gasteiger partial charge in [-0.05, 0) is 22.0 Å². The van der Waals surface area contributed by atoms with E-state index in [0.29, 0.717) is 15.5 Å². The van der Waals surface area contributed by atoms with Gasteiger partial charge in [-0.2, -0.15) is 5.10 Å². The average molecular weight is 201 g/mol. The van der Waals surface area contributed by atoms with Gasteiger partial charge in [-0.25, -0.2) is 0 Å². The minimum atomic E-state index is -0.251. The molecule has 1 N–H and O–H groups in total. The maximum Gasteiger partial charge on any atom is 0.135 e. The Bertz CT molecular complexity index is 522. The molecule has 2 nitrogen and oxygen atoms in total. The van der Waals surface area contributed by atoms with Gasteiger partial charge in [0, 0.05) is 5.39 Å². The van der Waals surface area contributed by atoms with E-state index in [4.69, 9.17) is 5.48 Å². The number of para-hydroxylation sites is 1. The standard InChI is InChI=1S/C7H5BrN2/c8-7-5-3-1-2-4-6(5)9-10-7/h1-4H,(H,9,10)/i1D,2D,3D,4D. The van der Waals surface area contributed by atoms with Crippen molar-refractivity contribution in [2.24, 2.45) is 0 Å². The fraction of sp³-hybridized carbons (Fsp3) is 0. The van der Waals surface area contributed by atoms with Crippen LogP contribution >= 0.6 is 15.9 Å². The van der Waals surface area contributed by atoms with Crippen LogP contribution in [0, 0.1) is 0 Å². The van der Waals surface area contributed by atoms with E-state index < -0.39 is 0 Å². The van der Waals surface area contributed by atoms with E-state index in [1.54, 1.807) is 0 Å². The zero-order chi connectivity index (χ0) is 10.5. The summed E-state index contributed by atoms with van der Waals surface area (Å²) in [6, 6.07) is -0.677.